The first kappa shape index (κ1) is 10.4. The summed E-state index contributed by atoms with van der Waals surface area (Å²) < 4.78 is 1.56. The van der Waals surface area contributed by atoms with Gasteiger partial charge < -0.3 is 10.1 Å². The van der Waals surface area contributed by atoms with Crippen LogP contribution in [0.5, 0.6) is 0 Å². The third-order valence-corrected chi connectivity index (χ3v) is 3.20. The summed E-state index contributed by atoms with van der Waals surface area (Å²) in [6, 6.07) is 7.73. The number of aromatic amines is 1. The summed E-state index contributed by atoms with van der Waals surface area (Å²) in [5.41, 5.74) is 1.25. The molecule has 0 radical (unpaired) electrons. The monoisotopic (exact) mass is 230 g/mol. The smallest absolute Gasteiger partial charge is 0.330 e. The Labute approximate surface area is 98.5 Å². The molecule has 0 atom stereocenters. The van der Waals surface area contributed by atoms with Crippen molar-refractivity contribution in [3.05, 3.63) is 52.7 Å². The number of rotatable bonds is 3. The fourth-order valence-corrected chi connectivity index (χ4v) is 2.04. The standard InChI is InChI=1S/C13H14N2O2/c16-12-14-6-7-15(12)11-3-1-2-10(8-11)9-13(17)4-5-13/h1-3,6-8,17H,4-5,9H2,(H,14,16). The van der Waals surface area contributed by atoms with E-state index >= 15 is 0 Å². The van der Waals surface area contributed by atoms with Crippen molar-refractivity contribution in [1.29, 1.82) is 0 Å². The Bertz CT molecular complexity index is 593. The summed E-state index contributed by atoms with van der Waals surface area (Å²) in [4.78, 5) is 14.1. The van der Waals surface area contributed by atoms with E-state index in [1.807, 2.05) is 24.3 Å². The molecule has 4 heteroatoms. The van der Waals surface area contributed by atoms with Crippen LogP contribution in [0.2, 0.25) is 0 Å². The molecule has 1 aromatic carbocycles. The van der Waals surface area contributed by atoms with Crippen molar-refractivity contribution in [3.8, 4) is 5.69 Å². The predicted molar refractivity (Wildman–Crippen MR) is 64.3 cm³/mol. The van der Waals surface area contributed by atoms with Crippen molar-refractivity contribution >= 4 is 0 Å². The molecule has 1 aliphatic carbocycles. The SMILES string of the molecule is O=c1[nH]ccn1-c1cccc(CC2(O)CC2)c1. The van der Waals surface area contributed by atoms with Gasteiger partial charge in [0.05, 0.1) is 11.3 Å². The highest BCUT2D eigenvalue weighted by Gasteiger charge is 2.40. The zero-order valence-electron chi connectivity index (χ0n) is 9.39. The molecule has 1 aromatic heterocycles. The molecule has 1 aliphatic rings. The maximum Gasteiger partial charge on any atom is 0.330 e. The molecule has 88 valence electrons. The van der Waals surface area contributed by atoms with Gasteiger partial charge in [0, 0.05) is 18.8 Å². The average Bonchev–Trinajstić information content (AvgIpc) is 2.87. The lowest BCUT2D eigenvalue weighted by atomic mass is 10.1. The molecule has 4 nitrogen and oxygen atoms in total. The molecule has 0 unspecified atom stereocenters. The number of aromatic nitrogens is 2. The van der Waals surface area contributed by atoms with E-state index < -0.39 is 5.60 Å². The molecule has 1 saturated carbocycles. The maximum absolute atomic E-state index is 11.5. The second-order valence-electron chi connectivity index (χ2n) is 4.71. The Hall–Kier alpha value is -1.81. The van der Waals surface area contributed by atoms with E-state index in [1.54, 1.807) is 17.0 Å². The van der Waals surface area contributed by atoms with Crippen molar-refractivity contribution in [2.75, 3.05) is 0 Å². The normalized spacial score (nSPS) is 17.0. The van der Waals surface area contributed by atoms with Crippen LogP contribution < -0.4 is 5.69 Å². The molecule has 1 fully saturated rings. The van der Waals surface area contributed by atoms with E-state index in [4.69, 9.17) is 0 Å². The lowest BCUT2D eigenvalue weighted by Gasteiger charge is -2.09. The third-order valence-electron chi connectivity index (χ3n) is 3.20. The van der Waals surface area contributed by atoms with Crippen molar-refractivity contribution in [3.63, 3.8) is 0 Å². The van der Waals surface area contributed by atoms with Gasteiger partial charge in [-0.25, -0.2) is 4.79 Å². The Morgan fingerprint density at radius 3 is 2.88 bits per heavy atom. The highest BCUT2D eigenvalue weighted by molar-refractivity contribution is 5.36. The molecule has 0 saturated heterocycles. The summed E-state index contributed by atoms with van der Waals surface area (Å²) in [5.74, 6) is 0. The second-order valence-corrected chi connectivity index (χ2v) is 4.71. The molecule has 2 aromatic rings. The van der Waals surface area contributed by atoms with Gasteiger partial charge in [-0.1, -0.05) is 12.1 Å². The van der Waals surface area contributed by atoms with Gasteiger partial charge in [0.25, 0.3) is 0 Å². The minimum Gasteiger partial charge on any atom is -0.390 e. The topological polar surface area (TPSA) is 58.0 Å². The van der Waals surface area contributed by atoms with Crippen molar-refractivity contribution in [2.24, 2.45) is 0 Å². The van der Waals surface area contributed by atoms with E-state index in [2.05, 4.69) is 4.98 Å². The van der Waals surface area contributed by atoms with Crippen LogP contribution in [0, 0.1) is 0 Å². The van der Waals surface area contributed by atoms with Crippen molar-refractivity contribution < 1.29 is 5.11 Å². The van der Waals surface area contributed by atoms with E-state index in [-0.39, 0.29) is 5.69 Å². The molecule has 1 heterocycles. The Balaban J connectivity index is 1.94. The highest BCUT2D eigenvalue weighted by Crippen LogP contribution is 2.38. The van der Waals surface area contributed by atoms with Crippen molar-refractivity contribution in [2.45, 2.75) is 24.9 Å². The number of hydrogen-bond donors (Lipinski definition) is 2. The van der Waals surface area contributed by atoms with E-state index in [0.717, 1.165) is 24.1 Å². The van der Waals surface area contributed by atoms with E-state index in [9.17, 15) is 9.90 Å². The summed E-state index contributed by atoms with van der Waals surface area (Å²) >= 11 is 0. The highest BCUT2D eigenvalue weighted by atomic mass is 16.3. The molecule has 0 bridgehead atoms. The fourth-order valence-electron chi connectivity index (χ4n) is 2.04. The minimum absolute atomic E-state index is 0.146. The number of aliphatic hydroxyl groups is 1. The van der Waals surface area contributed by atoms with Crippen LogP contribution in [0.15, 0.2) is 41.5 Å². The van der Waals surface area contributed by atoms with Gasteiger partial charge in [-0.3, -0.25) is 4.57 Å². The summed E-state index contributed by atoms with van der Waals surface area (Å²) in [7, 11) is 0. The van der Waals surface area contributed by atoms with Gasteiger partial charge in [0.1, 0.15) is 0 Å². The largest absolute Gasteiger partial charge is 0.390 e. The lowest BCUT2D eigenvalue weighted by molar-refractivity contribution is 0.151. The van der Waals surface area contributed by atoms with Gasteiger partial charge in [0.15, 0.2) is 0 Å². The maximum atomic E-state index is 11.5. The fraction of sp³-hybridized carbons (Fsp3) is 0.308. The van der Waals surface area contributed by atoms with Crippen LogP contribution in [-0.2, 0) is 6.42 Å². The zero-order valence-corrected chi connectivity index (χ0v) is 9.39. The van der Waals surface area contributed by atoms with E-state index in [0.29, 0.717) is 6.42 Å². The van der Waals surface area contributed by atoms with Gasteiger partial charge in [-0.15, -0.1) is 0 Å². The molecule has 0 amide bonds. The van der Waals surface area contributed by atoms with Gasteiger partial charge in [-0.05, 0) is 30.5 Å². The van der Waals surface area contributed by atoms with Crippen LogP contribution >= 0.6 is 0 Å². The zero-order chi connectivity index (χ0) is 11.9. The van der Waals surface area contributed by atoms with Gasteiger partial charge in [-0.2, -0.15) is 0 Å². The number of H-pyrrole nitrogens is 1. The Morgan fingerprint density at radius 1 is 1.41 bits per heavy atom. The quantitative estimate of drug-likeness (QED) is 0.833. The lowest BCUT2D eigenvalue weighted by Crippen LogP contribution is -2.15. The molecule has 2 N–H and O–H groups in total. The number of imidazole rings is 1. The number of hydrogen-bond acceptors (Lipinski definition) is 2. The number of nitrogens with one attached hydrogen (secondary N) is 1. The van der Waals surface area contributed by atoms with Gasteiger partial charge >= 0.3 is 5.69 Å². The van der Waals surface area contributed by atoms with Gasteiger partial charge in [0.2, 0.25) is 0 Å². The Kier molecular flexibility index (Phi) is 2.19. The molecule has 17 heavy (non-hydrogen) atoms. The summed E-state index contributed by atoms with van der Waals surface area (Å²) in [6.45, 7) is 0. The van der Waals surface area contributed by atoms with Crippen LogP contribution in [0.4, 0.5) is 0 Å². The van der Waals surface area contributed by atoms with Crippen LogP contribution in [0.25, 0.3) is 5.69 Å². The first-order chi connectivity index (χ1) is 8.16. The molecule has 0 aliphatic heterocycles. The first-order valence-corrected chi connectivity index (χ1v) is 5.74. The average molecular weight is 230 g/mol. The number of benzene rings is 1. The first-order valence-electron chi connectivity index (χ1n) is 5.74. The number of nitrogens with zero attached hydrogens (tertiary/aromatic N) is 1. The van der Waals surface area contributed by atoms with Crippen LogP contribution in [0.3, 0.4) is 0 Å². The second kappa shape index (κ2) is 3.60. The van der Waals surface area contributed by atoms with E-state index in [1.165, 1.54) is 0 Å². The predicted octanol–water partition coefficient (Wildman–Crippen LogP) is 1.23. The summed E-state index contributed by atoms with van der Waals surface area (Å²) in [5, 5.41) is 9.88. The van der Waals surface area contributed by atoms with Crippen LogP contribution in [0.1, 0.15) is 18.4 Å². The Morgan fingerprint density at radius 2 is 2.24 bits per heavy atom. The van der Waals surface area contributed by atoms with Crippen molar-refractivity contribution in [1.82, 2.24) is 9.55 Å². The summed E-state index contributed by atoms with van der Waals surface area (Å²) in [6.07, 6.45) is 5.74. The minimum atomic E-state index is -0.498. The molecule has 0 spiro atoms. The third kappa shape index (κ3) is 2.03. The molecular formula is C13H14N2O2. The molecular weight excluding hydrogens is 216 g/mol. The van der Waals surface area contributed by atoms with Crippen LogP contribution in [-0.4, -0.2) is 20.3 Å². The molecule has 3 rings (SSSR count).